The van der Waals surface area contributed by atoms with Crippen LogP contribution in [0, 0.1) is 0 Å². The second-order valence-corrected chi connectivity index (χ2v) is 5.00. The summed E-state index contributed by atoms with van der Waals surface area (Å²) in [7, 11) is 2.17. The summed E-state index contributed by atoms with van der Waals surface area (Å²) in [5.74, 6) is 0.939. The Morgan fingerprint density at radius 2 is 2.00 bits per heavy atom. The highest BCUT2D eigenvalue weighted by Gasteiger charge is 2.05. The van der Waals surface area contributed by atoms with Crippen LogP contribution in [0.15, 0.2) is 47.1 Å². The van der Waals surface area contributed by atoms with Gasteiger partial charge in [0.05, 0.1) is 6.26 Å². The molecular formula is C16H21NO. The second-order valence-electron chi connectivity index (χ2n) is 5.00. The molecule has 0 saturated heterocycles. The van der Waals surface area contributed by atoms with Crippen LogP contribution in [0.2, 0.25) is 0 Å². The van der Waals surface area contributed by atoms with Gasteiger partial charge in [-0.2, -0.15) is 0 Å². The van der Waals surface area contributed by atoms with Gasteiger partial charge in [-0.25, -0.2) is 0 Å². The predicted molar refractivity (Wildman–Crippen MR) is 75.6 cm³/mol. The molecule has 18 heavy (non-hydrogen) atoms. The van der Waals surface area contributed by atoms with Crippen LogP contribution < -0.4 is 0 Å². The fraction of sp³-hybridized carbons (Fsp3) is 0.375. The lowest BCUT2D eigenvalue weighted by Crippen LogP contribution is -2.28. The molecule has 0 radical (unpaired) electrons. The average Bonchev–Trinajstić information content (AvgIpc) is 2.90. The number of likely N-dealkylation sites (N-methyl/N-ethyl adjacent to an activating group) is 1. The molecule has 2 rings (SSSR count). The van der Waals surface area contributed by atoms with Crippen molar-refractivity contribution in [3.8, 4) is 11.3 Å². The van der Waals surface area contributed by atoms with Crippen molar-refractivity contribution in [2.45, 2.75) is 26.3 Å². The molecule has 0 spiro atoms. The van der Waals surface area contributed by atoms with E-state index in [1.54, 1.807) is 6.26 Å². The highest BCUT2D eigenvalue weighted by Crippen LogP contribution is 2.21. The smallest absolute Gasteiger partial charge is 0.133 e. The van der Waals surface area contributed by atoms with Crippen LogP contribution in [0.1, 0.15) is 19.4 Å². The van der Waals surface area contributed by atoms with Gasteiger partial charge in [0.15, 0.2) is 0 Å². The van der Waals surface area contributed by atoms with Gasteiger partial charge < -0.3 is 9.32 Å². The summed E-state index contributed by atoms with van der Waals surface area (Å²) in [6.07, 6.45) is 2.79. The molecule has 0 unspecified atom stereocenters. The first-order chi connectivity index (χ1) is 8.66. The van der Waals surface area contributed by atoms with E-state index in [1.807, 2.05) is 12.1 Å². The van der Waals surface area contributed by atoms with E-state index >= 15 is 0 Å². The molecule has 2 heteroatoms. The van der Waals surface area contributed by atoms with Crippen molar-refractivity contribution in [1.82, 2.24) is 4.90 Å². The summed E-state index contributed by atoms with van der Waals surface area (Å²) in [4.78, 5) is 2.36. The van der Waals surface area contributed by atoms with E-state index in [4.69, 9.17) is 4.42 Å². The van der Waals surface area contributed by atoms with Crippen molar-refractivity contribution < 1.29 is 4.42 Å². The van der Waals surface area contributed by atoms with E-state index in [9.17, 15) is 0 Å². The van der Waals surface area contributed by atoms with E-state index in [2.05, 4.69) is 50.1 Å². The fourth-order valence-corrected chi connectivity index (χ4v) is 1.89. The number of hydrogen-bond donors (Lipinski definition) is 0. The van der Waals surface area contributed by atoms with E-state index in [1.165, 1.54) is 5.56 Å². The SMILES string of the molecule is CC(C)N(C)CCc1cccc(-c2ccco2)c1. The first kappa shape index (κ1) is 12.9. The van der Waals surface area contributed by atoms with Crippen LogP contribution in [-0.2, 0) is 6.42 Å². The van der Waals surface area contributed by atoms with E-state index < -0.39 is 0 Å². The van der Waals surface area contributed by atoms with Gasteiger partial charge in [0, 0.05) is 18.2 Å². The van der Waals surface area contributed by atoms with E-state index in [0.29, 0.717) is 6.04 Å². The Morgan fingerprint density at radius 3 is 2.67 bits per heavy atom. The zero-order valence-electron chi connectivity index (χ0n) is 11.4. The average molecular weight is 243 g/mol. The molecule has 1 aromatic heterocycles. The minimum absolute atomic E-state index is 0.596. The summed E-state index contributed by atoms with van der Waals surface area (Å²) in [5, 5.41) is 0. The molecule has 2 nitrogen and oxygen atoms in total. The third-order valence-electron chi connectivity index (χ3n) is 3.37. The molecule has 2 aromatic rings. The lowest BCUT2D eigenvalue weighted by Gasteiger charge is -2.20. The molecule has 1 heterocycles. The largest absolute Gasteiger partial charge is 0.464 e. The van der Waals surface area contributed by atoms with E-state index in [-0.39, 0.29) is 0 Å². The monoisotopic (exact) mass is 243 g/mol. The van der Waals surface area contributed by atoms with Crippen LogP contribution in [0.25, 0.3) is 11.3 Å². The van der Waals surface area contributed by atoms with Crippen LogP contribution in [0.3, 0.4) is 0 Å². The zero-order chi connectivity index (χ0) is 13.0. The van der Waals surface area contributed by atoms with Crippen LogP contribution >= 0.6 is 0 Å². The summed E-state index contributed by atoms with van der Waals surface area (Å²) in [6.45, 7) is 5.53. The van der Waals surface area contributed by atoms with Gasteiger partial charge in [-0.3, -0.25) is 0 Å². The zero-order valence-corrected chi connectivity index (χ0v) is 11.4. The molecule has 0 atom stereocenters. The quantitative estimate of drug-likeness (QED) is 0.793. The molecule has 0 fully saturated rings. The maximum atomic E-state index is 5.43. The van der Waals surface area contributed by atoms with Gasteiger partial charge in [0.25, 0.3) is 0 Å². The fourth-order valence-electron chi connectivity index (χ4n) is 1.89. The van der Waals surface area contributed by atoms with Crippen molar-refractivity contribution in [2.75, 3.05) is 13.6 Å². The van der Waals surface area contributed by atoms with Crippen LogP contribution in [0.5, 0.6) is 0 Å². The molecule has 1 aromatic carbocycles. The van der Waals surface area contributed by atoms with Gasteiger partial charge in [-0.05, 0) is 51.1 Å². The Bertz CT molecular complexity index is 474. The Balaban J connectivity index is 2.04. The van der Waals surface area contributed by atoms with Crippen molar-refractivity contribution >= 4 is 0 Å². The minimum atomic E-state index is 0.596. The normalized spacial score (nSPS) is 11.4. The lowest BCUT2D eigenvalue weighted by molar-refractivity contribution is 0.277. The first-order valence-electron chi connectivity index (χ1n) is 6.50. The number of benzene rings is 1. The maximum absolute atomic E-state index is 5.43. The minimum Gasteiger partial charge on any atom is -0.464 e. The molecule has 0 amide bonds. The second kappa shape index (κ2) is 5.87. The summed E-state index contributed by atoms with van der Waals surface area (Å²) >= 11 is 0. The van der Waals surface area contributed by atoms with Gasteiger partial charge in [-0.15, -0.1) is 0 Å². The van der Waals surface area contributed by atoms with Crippen LogP contribution in [0.4, 0.5) is 0 Å². The third kappa shape index (κ3) is 3.23. The van der Waals surface area contributed by atoms with Gasteiger partial charge in [-0.1, -0.05) is 18.2 Å². The van der Waals surface area contributed by atoms with Gasteiger partial charge in [0.1, 0.15) is 5.76 Å². The summed E-state index contributed by atoms with van der Waals surface area (Å²) in [5.41, 5.74) is 2.51. The molecular weight excluding hydrogens is 222 g/mol. The van der Waals surface area contributed by atoms with Crippen molar-refractivity contribution in [3.05, 3.63) is 48.2 Å². The highest BCUT2D eigenvalue weighted by molar-refractivity contribution is 5.58. The number of nitrogens with zero attached hydrogens (tertiary/aromatic N) is 1. The number of hydrogen-bond acceptors (Lipinski definition) is 2. The lowest BCUT2D eigenvalue weighted by atomic mass is 10.1. The number of rotatable bonds is 5. The Kier molecular flexibility index (Phi) is 4.21. The summed E-state index contributed by atoms with van der Waals surface area (Å²) in [6, 6.07) is 13.1. The molecule has 0 bridgehead atoms. The molecule has 0 aliphatic rings. The first-order valence-corrected chi connectivity index (χ1v) is 6.50. The van der Waals surface area contributed by atoms with Crippen molar-refractivity contribution in [2.24, 2.45) is 0 Å². The third-order valence-corrected chi connectivity index (χ3v) is 3.37. The Hall–Kier alpha value is -1.54. The maximum Gasteiger partial charge on any atom is 0.133 e. The summed E-state index contributed by atoms with van der Waals surface area (Å²) < 4.78 is 5.43. The van der Waals surface area contributed by atoms with Crippen molar-refractivity contribution in [1.29, 1.82) is 0 Å². The van der Waals surface area contributed by atoms with Gasteiger partial charge in [0.2, 0.25) is 0 Å². The molecule has 0 aliphatic carbocycles. The topological polar surface area (TPSA) is 16.4 Å². The predicted octanol–water partition coefficient (Wildman–Crippen LogP) is 3.83. The van der Waals surface area contributed by atoms with Crippen LogP contribution in [-0.4, -0.2) is 24.5 Å². The Morgan fingerprint density at radius 1 is 1.17 bits per heavy atom. The van der Waals surface area contributed by atoms with Gasteiger partial charge >= 0.3 is 0 Å². The highest BCUT2D eigenvalue weighted by atomic mass is 16.3. The molecule has 0 N–H and O–H groups in total. The molecule has 96 valence electrons. The molecule has 0 saturated carbocycles. The number of furan rings is 1. The van der Waals surface area contributed by atoms with E-state index in [0.717, 1.165) is 24.3 Å². The standard InChI is InChI=1S/C16H21NO/c1-13(2)17(3)10-9-14-6-4-7-15(12-14)16-8-5-11-18-16/h4-8,11-13H,9-10H2,1-3H3. The van der Waals surface area contributed by atoms with Crippen molar-refractivity contribution in [3.63, 3.8) is 0 Å². The Labute approximate surface area is 109 Å². The molecule has 0 aliphatic heterocycles.